The van der Waals surface area contributed by atoms with Gasteiger partial charge in [-0.05, 0) is 12.1 Å². The first kappa shape index (κ1) is 17.1. The number of hydrazine groups is 1. The zero-order valence-electron chi connectivity index (χ0n) is 11.8. The highest BCUT2D eigenvalue weighted by atomic mass is 32.1. The SMILES string of the molecule is CN(C(=S)c1ccccc1)N(PO)[PH](=O)Oc1ccccc1. The van der Waals surface area contributed by atoms with Gasteiger partial charge in [0.25, 0.3) is 0 Å². The summed E-state index contributed by atoms with van der Waals surface area (Å²) in [7, 11) is -1.77. The van der Waals surface area contributed by atoms with E-state index >= 15 is 0 Å². The average Bonchev–Trinajstić information content (AvgIpc) is 2.56. The summed E-state index contributed by atoms with van der Waals surface area (Å²) in [5.74, 6) is 0.480. The Hall–Kier alpha value is -1.29. The van der Waals surface area contributed by atoms with E-state index in [2.05, 4.69) is 0 Å². The maximum absolute atomic E-state index is 12.4. The lowest BCUT2D eigenvalue weighted by molar-refractivity contribution is 0.280. The Kier molecular flexibility index (Phi) is 6.49. The highest BCUT2D eigenvalue weighted by molar-refractivity contribution is 7.80. The normalized spacial score (nSPS) is 12.5. The van der Waals surface area contributed by atoms with Gasteiger partial charge in [0.05, 0.1) is 0 Å². The van der Waals surface area contributed by atoms with Crippen LogP contribution in [-0.4, -0.2) is 26.5 Å². The summed E-state index contributed by atoms with van der Waals surface area (Å²) in [4.78, 5) is 9.99. The molecule has 0 bridgehead atoms. The molecule has 0 saturated heterocycles. The van der Waals surface area contributed by atoms with Crippen molar-refractivity contribution < 1.29 is 14.0 Å². The zero-order chi connectivity index (χ0) is 15.9. The van der Waals surface area contributed by atoms with E-state index in [9.17, 15) is 9.46 Å². The fraction of sp³-hybridized carbons (Fsp3) is 0.0714. The lowest BCUT2D eigenvalue weighted by Gasteiger charge is -2.30. The smallest absolute Gasteiger partial charge is 0.330 e. The Labute approximate surface area is 137 Å². The van der Waals surface area contributed by atoms with Crippen molar-refractivity contribution in [3.8, 4) is 5.75 Å². The van der Waals surface area contributed by atoms with E-state index in [1.165, 1.54) is 9.56 Å². The summed E-state index contributed by atoms with van der Waals surface area (Å²) in [6.07, 6.45) is 0. The highest BCUT2D eigenvalue weighted by Gasteiger charge is 2.22. The maximum atomic E-state index is 12.4. The van der Waals surface area contributed by atoms with Crippen LogP contribution in [0.5, 0.6) is 5.75 Å². The molecule has 22 heavy (non-hydrogen) atoms. The summed E-state index contributed by atoms with van der Waals surface area (Å²) in [6, 6.07) is 18.1. The van der Waals surface area contributed by atoms with E-state index in [-0.39, 0.29) is 0 Å². The van der Waals surface area contributed by atoms with Crippen LogP contribution in [0.15, 0.2) is 60.7 Å². The molecule has 0 amide bonds. The van der Waals surface area contributed by atoms with Crippen molar-refractivity contribution in [1.29, 1.82) is 0 Å². The average molecular weight is 354 g/mol. The van der Waals surface area contributed by atoms with E-state index in [4.69, 9.17) is 16.7 Å². The van der Waals surface area contributed by atoms with Gasteiger partial charge >= 0.3 is 8.18 Å². The van der Waals surface area contributed by atoms with Crippen molar-refractivity contribution in [2.24, 2.45) is 0 Å². The van der Waals surface area contributed by atoms with Crippen LogP contribution in [0.4, 0.5) is 0 Å². The van der Waals surface area contributed by atoms with Crippen molar-refractivity contribution in [3.05, 3.63) is 66.2 Å². The quantitative estimate of drug-likeness (QED) is 0.487. The molecular weight excluding hydrogens is 338 g/mol. The molecule has 0 aromatic heterocycles. The third kappa shape index (κ3) is 4.35. The number of para-hydroxylation sites is 1. The van der Waals surface area contributed by atoms with Gasteiger partial charge in [-0.2, -0.15) is 0 Å². The first-order chi connectivity index (χ1) is 10.6. The monoisotopic (exact) mass is 354 g/mol. The largest absolute Gasteiger partial charge is 0.433 e. The molecule has 1 N–H and O–H groups in total. The molecule has 5 nitrogen and oxygen atoms in total. The predicted molar refractivity (Wildman–Crippen MR) is 94.3 cm³/mol. The molecule has 0 radical (unpaired) electrons. The molecular formula is C14H16N2O3P2S. The number of hydrogen-bond donors (Lipinski definition) is 1. The second-order valence-electron chi connectivity index (χ2n) is 4.29. The van der Waals surface area contributed by atoms with Gasteiger partial charge in [-0.3, -0.25) is 9.57 Å². The first-order valence-corrected chi connectivity index (χ1v) is 9.00. The Morgan fingerprint density at radius 2 is 1.68 bits per heavy atom. The number of rotatable bonds is 6. The van der Waals surface area contributed by atoms with Gasteiger partial charge in [0.1, 0.15) is 19.7 Å². The van der Waals surface area contributed by atoms with E-state index in [0.717, 1.165) is 5.56 Å². The van der Waals surface area contributed by atoms with Crippen LogP contribution in [-0.2, 0) is 4.57 Å². The molecule has 8 heteroatoms. The molecule has 0 spiro atoms. The minimum absolute atomic E-state index is 0.456. The van der Waals surface area contributed by atoms with Crippen molar-refractivity contribution >= 4 is 34.3 Å². The molecule has 0 aliphatic rings. The summed E-state index contributed by atoms with van der Waals surface area (Å²) in [6.45, 7) is 0. The fourth-order valence-corrected chi connectivity index (χ4v) is 3.55. The molecule has 2 unspecified atom stereocenters. The number of nitrogens with zero attached hydrogens (tertiary/aromatic N) is 2. The molecule has 2 aromatic carbocycles. The number of benzene rings is 2. The molecule has 0 heterocycles. The first-order valence-electron chi connectivity index (χ1n) is 6.43. The van der Waals surface area contributed by atoms with Crippen molar-refractivity contribution in [2.45, 2.75) is 0 Å². The van der Waals surface area contributed by atoms with Crippen LogP contribution >= 0.6 is 29.4 Å². The third-order valence-corrected chi connectivity index (χ3v) is 5.72. The molecule has 0 aliphatic heterocycles. The fourth-order valence-electron chi connectivity index (χ4n) is 1.72. The Balaban J connectivity index is 2.10. The van der Waals surface area contributed by atoms with Gasteiger partial charge in [-0.15, -0.1) is 0 Å². The zero-order valence-corrected chi connectivity index (χ0v) is 14.7. The van der Waals surface area contributed by atoms with Gasteiger partial charge < -0.3 is 9.42 Å². The Morgan fingerprint density at radius 3 is 2.23 bits per heavy atom. The summed E-state index contributed by atoms with van der Waals surface area (Å²) >= 11 is 5.37. The molecule has 2 atom stereocenters. The van der Waals surface area contributed by atoms with Crippen LogP contribution in [0.1, 0.15) is 5.56 Å². The van der Waals surface area contributed by atoms with Crippen molar-refractivity contribution in [2.75, 3.05) is 7.05 Å². The molecule has 0 aliphatic carbocycles. The lowest BCUT2D eigenvalue weighted by atomic mass is 10.2. The van der Waals surface area contributed by atoms with Crippen molar-refractivity contribution in [3.63, 3.8) is 0 Å². The summed E-state index contributed by atoms with van der Waals surface area (Å²) < 4.78 is 19.0. The predicted octanol–water partition coefficient (Wildman–Crippen LogP) is 3.48. The topological polar surface area (TPSA) is 53.0 Å². The minimum Gasteiger partial charge on any atom is -0.433 e. The molecule has 2 aromatic rings. The van der Waals surface area contributed by atoms with Crippen LogP contribution in [0.2, 0.25) is 0 Å². The van der Waals surface area contributed by atoms with Gasteiger partial charge in [0.2, 0.25) is 0 Å². The molecule has 116 valence electrons. The third-order valence-electron chi connectivity index (χ3n) is 2.83. The van der Waals surface area contributed by atoms with Crippen molar-refractivity contribution in [1.82, 2.24) is 9.56 Å². The molecule has 0 saturated carbocycles. The highest BCUT2D eigenvalue weighted by Crippen LogP contribution is 2.39. The standard InChI is InChI=1S/C14H16N2O3P2S/c1-15(14(22)12-8-4-2-5-9-12)16(20-17)21(18)19-13-10-6-3-7-11-13/h2-11,17,20-21H,1H3. The second-order valence-corrected chi connectivity index (χ2v) is 6.90. The van der Waals surface area contributed by atoms with Gasteiger partial charge in [-0.25, -0.2) is 0 Å². The van der Waals surface area contributed by atoms with Crippen LogP contribution in [0, 0.1) is 0 Å². The molecule has 0 fully saturated rings. The van der Waals surface area contributed by atoms with Gasteiger partial charge in [0, 0.05) is 12.6 Å². The Morgan fingerprint density at radius 1 is 1.14 bits per heavy atom. The van der Waals surface area contributed by atoms with E-state index in [1.807, 2.05) is 36.4 Å². The summed E-state index contributed by atoms with van der Waals surface area (Å²) in [5.41, 5.74) is 0.803. The van der Waals surface area contributed by atoms with E-state index < -0.39 is 17.1 Å². The summed E-state index contributed by atoms with van der Waals surface area (Å²) in [5, 5.41) is 1.48. The van der Waals surface area contributed by atoms with E-state index in [0.29, 0.717) is 10.7 Å². The number of thiocarbonyl (C=S) groups is 1. The Bertz CT molecular complexity index is 643. The van der Waals surface area contributed by atoms with E-state index in [1.54, 1.807) is 31.3 Å². The lowest BCUT2D eigenvalue weighted by Crippen LogP contribution is -2.34. The maximum Gasteiger partial charge on any atom is 0.330 e. The van der Waals surface area contributed by atoms with Gasteiger partial charge in [-0.1, -0.05) is 65.3 Å². The number of hydrogen-bond acceptors (Lipinski definition) is 4. The second kappa shape index (κ2) is 8.37. The molecule has 2 rings (SSSR count). The van der Waals surface area contributed by atoms with Gasteiger partial charge in [0.15, 0.2) is 0 Å². The van der Waals surface area contributed by atoms with Crippen LogP contribution in [0.3, 0.4) is 0 Å². The minimum atomic E-state index is -2.70. The van der Waals surface area contributed by atoms with Crippen LogP contribution < -0.4 is 4.52 Å². The van der Waals surface area contributed by atoms with Crippen LogP contribution in [0.25, 0.3) is 0 Å².